The van der Waals surface area contributed by atoms with Gasteiger partial charge in [0.25, 0.3) is 0 Å². The molecule has 0 bridgehead atoms. The monoisotopic (exact) mass is 257 g/mol. The van der Waals surface area contributed by atoms with Crippen LogP contribution in [-0.2, 0) is 6.54 Å². The first-order valence-corrected chi connectivity index (χ1v) is 6.37. The van der Waals surface area contributed by atoms with E-state index in [-0.39, 0.29) is 11.8 Å². The first-order valence-electron chi connectivity index (χ1n) is 6.37. The van der Waals surface area contributed by atoms with Crippen molar-refractivity contribution in [1.29, 1.82) is 0 Å². The maximum atomic E-state index is 9.95. The Morgan fingerprint density at radius 1 is 1.11 bits per heavy atom. The summed E-state index contributed by atoms with van der Waals surface area (Å²) in [5.74, 6) is 0.614. The second-order valence-electron chi connectivity index (χ2n) is 4.78. The van der Waals surface area contributed by atoms with Crippen LogP contribution in [0.25, 0.3) is 0 Å². The zero-order valence-electron chi connectivity index (χ0n) is 11.2. The molecular formula is C16H19NO2. The first kappa shape index (κ1) is 13.4. The van der Waals surface area contributed by atoms with Crippen molar-refractivity contribution in [2.45, 2.75) is 26.4 Å². The predicted octanol–water partition coefficient (Wildman–Crippen LogP) is 3.26. The van der Waals surface area contributed by atoms with Gasteiger partial charge < -0.3 is 15.5 Å². The van der Waals surface area contributed by atoms with E-state index in [1.807, 2.05) is 44.2 Å². The fourth-order valence-electron chi connectivity index (χ4n) is 2.04. The van der Waals surface area contributed by atoms with Crippen LogP contribution >= 0.6 is 0 Å². The number of benzene rings is 2. The van der Waals surface area contributed by atoms with E-state index in [1.54, 1.807) is 12.1 Å². The Morgan fingerprint density at radius 2 is 1.84 bits per heavy atom. The molecular weight excluding hydrogens is 238 g/mol. The fourth-order valence-corrected chi connectivity index (χ4v) is 2.04. The molecule has 19 heavy (non-hydrogen) atoms. The van der Waals surface area contributed by atoms with Gasteiger partial charge in [-0.1, -0.05) is 30.3 Å². The SMILES string of the molecule is Cc1cccc(CNC(C)c2cccc(O)c2)c1O. The lowest BCUT2D eigenvalue weighted by molar-refractivity contribution is 0.455. The second-order valence-corrected chi connectivity index (χ2v) is 4.78. The van der Waals surface area contributed by atoms with Gasteiger partial charge in [-0.2, -0.15) is 0 Å². The molecule has 3 nitrogen and oxygen atoms in total. The Morgan fingerprint density at radius 3 is 2.58 bits per heavy atom. The summed E-state index contributed by atoms with van der Waals surface area (Å²) in [6.07, 6.45) is 0. The number of aromatic hydroxyl groups is 2. The summed E-state index contributed by atoms with van der Waals surface area (Å²) in [6.45, 7) is 4.50. The highest BCUT2D eigenvalue weighted by molar-refractivity contribution is 5.39. The Balaban J connectivity index is 2.04. The van der Waals surface area contributed by atoms with E-state index >= 15 is 0 Å². The number of hydrogen-bond acceptors (Lipinski definition) is 3. The molecule has 2 aromatic rings. The molecule has 0 aromatic heterocycles. The zero-order valence-corrected chi connectivity index (χ0v) is 11.2. The van der Waals surface area contributed by atoms with Crippen molar-refractivity contribution in [3.05, 3.63) is 59.2 Å². The predicted molar refractivity (Wildman–Crippen MR) is 76.2 cm³/mol. The van der Waals surface area contributed by atoms with Gasteiger partial charge >= 0.3 is 0 Å². The Kier molecular flexibility index (Phi) is 4.07. The van der Waals surface area contributed by atoms with Crippen molar-refractivity contribution in [3.8, 4) is 11.5 Å². The van der Waals surface area contributed by atoms with Crippen LogP contribution in [0, 0.1) is 6.92 Å². The second kappa shape index (κ2) is 5.76. The molecule has 0 saturated carbocycles. The molecule has 0 spiro atoms. The third-order valence-electron chi connectivity index (χ3n) is 3.29. The smallest absolute Gasteiger partial charge is 0.122 e. The normalized spacial score (nSPS) is 12.3. The first-order chi connectivity index (χ1) is 9.08. The number of nitrogens with one attached hydrogen (secondary N) is 1. The van der Waals surface area contributed by atoms with Crippen molar-refractivity contribution in [3.63, 3.8) is 0 Å². The highest BCUT2D eigenvalue weighted by Gasteiger charge is 2.08. The molecule has 2 aromatic carbocycles. The summed E-state index contributed by atoms with van der Waals surface area (Å²) in [5.41, 5.74) is 2.78. The molecule has 0 heterocycles. The number of phenols is 2. The van der Waals surface area contributed by atoms with Gasteiger partial charge in [0.05, 0.1) is 0 Å². The van der Waals surface area contributed by atoms with Gasteiger partial charge in [-0.25, -0.2) is 0 Å². The molecule has 0 aliphatic carbocycles. The van der Waals surface area contributed by atoms with Gasteiger partial charge in [0, 0.05) is 18.2 Å². The number of rotatable bonds is 4. The summed E-state index contributed by atoms with van der Waals surface area (Å²) in [6, 6.07) is 13.0. The minimum absolute atomic E-state index is 0.104. The minimum Gasteiger partial charge on any atom is -0.508 e. The maximum Gasteiger partial charge on any atom is 0.122 e. The van der Waals surface area contributed by atoms with Crippen molar-refractivity contribution < 1.29 is 10.2 Å². The van der Waals surface area contributed by atoms with Gasteiger partial charge in [0.1, 0.15) is 11.5 Å². The Labute approximate surface area is 113 Å². The van der Waals surface area contributed by atoms with Crippen LogP contribution < -0.4 is 5.32 Å². The number of phenolic OH excluding ortho intramolecular Hbond substituents is 2. The average Bonchev–Trinajstić information content (AvgIpc) is 2.40. The summed E-state index contributed by atoms with van der Waals surface area (Å²) >= 11 is 0. The number of para-hydroxylation sites is 1. The summed E-state index contributed by atoms with van der Waals surface area (Å²) < 4.78 is 0. The Hall–Kier alpha value is -2.00. The van der Waals surface area contributed by atoms with E-state index in [9.17, 15) is 10.2 Å². The minimum atomic E-state index is 0.104. The van der Waals surface area contributed by atoms with Crippen LogP contribution in [0.3, 0.4) is 0 Å². The third kappa shape index (κ3) is 3.26. The zero-order chi connectivity index (χ0) is 13.8. The van der Waals surface area contributed by atoms with Crippen molar-refractivity contribution in [1.82, 2.24) is 5.32 Å². The summed E-state index contributed by atoms with van der Waals surface area (Å²) in [7, 11) is 0. The van der Waals surface area contributed by atoms with E-state index in [4.69, 9.17) is 0 Å². The molecule has 2 rings (SSSR count). The molecule has 3 heteroatoms. The van der Waals surface area contributed by atoms with Crippen LogP contribution in [0.5, 0.6) is 11.5 Å². The molecule has 0 radical (unpaired) electrons. The van der Waals surface area contributed by atoms with E-state index in [0.29, 0.717) is 12.3 Å². The Bertz CT molecular complexity index is 566. The van der Waals surface area contributed by atoms with Gasteiger partial charge in [0.2, 0.25) is 0 Å². The molecule has 100 valence electrons. The topological polar surface area (TPSA) is 52.5 Å². The van der Waals surface area contributed by atoms with Gasteiger partial charge in [-0.05, 0) is 37.1 Å². The van der Waals surface area contributed by atoms with Crippen LogP contribution in [0.15, 0.2) is 42.5 Å². The van der Waals surface area contributed by atoms with Crippen molar-refractivity contribution in [2.75, 3.05) is 0 Å². The molecule has 1 unspecified atom stereocenters. The molecule has 0 aliphatic heterocycles. The number of aryl methyl sites for hydroxylation is 1. The van der Waals surface area contributed by atoms with E-state index in [0.717, 1.165) is 16.7 Å². The van der Waals surface area contributed by atoms with Crippen molar-refractivity contribution >= 4 is 0 Å². The van der Waals surface area contributed by atoms with Gasteiger partial charge in [-0.15, -0.1) is 0 Å². The standard InChI is InChI=1S/C16H19NO2/c1-11-5-3-7-14(16(11)19)10-17-12(2)13-6-4-8-15(18)9-13/h3-9,12,17-19H,10H2,1-2H3. The molecule has 0 fully saturated rings. The van der Waals surface area contributed by atoms with Crippen LogP contribution in [0.2, 0.25) is 0 Å². The van der Waals surface area contributed by atoms with Crippen molar-refractivity contribution in [2.24, 2.45) is 0 Å². The number of hydrogen-bond donors (Lipinski definition) is 3. The lowest BCUT2D eigenvalue weighted by atomic mass is 10.1. The molecule has 3 N–H and O–H groups in total. The average molecular weight is 257 g/mol. The largest absolute Gasteiger partial charge is 0.508 e. The molecule has 0 amide bonds. The van der Waals surface area contributed by atoms with Crippen LogP contribution in [0.4, 0.5) is 0 Å². The van der Waals surface area contributed by atoms with Crippen LogP contribution in [0.1, 0.15) is 29.7 Å². The molecule has 0 saturated heterocycles. The lowest BCUT2D eigenvalue weighted by Crippen LogP contribution is -2.18. The summed E-state index contributed by atoms with van der Waals surface area (Å²) in [4.78, 5) is 0. The van der Waals surface area contributed by atoms with E-state index in [1.165, 1.54) is 0 Å². The highest BCUT2D eigenvalue weighted by Crippen LogP contribution is 2.23. The lowest BCUT2D eigenvalue weighted by Gasteiger charge is -2.15. The third-order valence-corrected chi connectivity index (χ3v) is 3.29. The fraction of sp³-hybridized carbons (Fsp3) is 0.250. The molecule has 0 aliphatic rings. The van der Waals surface area contributed by atoms with E-state index in [2.05, 4.69) is 5.32 Å². The summed E-state index contributed by atoms with van der Waals surface area (Å²) in [5, 5.41) is 22.7. The van der Waals surface area contributed by atoms with E-state index < -0.39 is 0 Å². The van der Waals surface area contributed by atoms with Gasteiger partial charge in [0.15, 0.2) is 0 Å². The van der Waals surface area contributed by atoms with Gasteiger partial charge in [-0.3, -0.25) is 0 Å². The maximum absolute atomic E-state index is 9.95. The molecule has 1 atom stereocenters. The highest BCUT2D eigenvalue weighted by atomic mass is 16.3. The quantitative estimate of drug-likeness (QED) is 0.788. The van der Waals surface area contributed by atoms with Crippen LogP contribution in [-0.4, -0.2) is 10.2 Å².